The van der Waals surface area contributed by atoms with E-state index < -0.39 is 11.6 Å². The molecule has 7 rings (SSSR count). The summed E-state index contributed by atoms with van der Waals surface area (Å²) >= 11 is 3.07. The van der Waals surface area contributed by atoms with Crippen LogP contribution in [0.1, 0.15) is 53.4 Å². The Bertz CT molecular complexity index is 1850. The Balaban J connectivity index is 1.06. The minimum Gasteiger partial charge on any atom is -0.384 e. The summed E-state index contributed by atoms with van der Waals surface area (Å²) in [6.07, 6.45) is 5.92. The molecule has 4 N–H and O–H groups in total. The van der Waals surface area contributed by atoms with E-state index in [-0.39, 0.29) is 35.3 Å². The number of amides is 2. The van der Waals surface area contributed by atoms with Crippen molar-refractivity contribution < 1.29 is 9.59 Å². The molecule has 1 fully saturated rings. The Hall–Kier alpha value is -4.23. The zero-order valence-electron chi connectivity index (χ0n) is 21.3. The second kappa shape index (κ2) is 9.45. The summed E-state index contributed by atoms with van der Waals surface area (Å²) in [6.45, 7) is 2.26. The largest absolute Gasteiger partial charge is 0.384 e. The van der Waals surface area contributed by atoms with Gasteiger partial charge in [-0.3, -0.25) is 19.0 Å². The molecule has 2 amide bonds. The smallest absolute Gasteiger partial charge is 0.278 e. The third-order valence-electron chi connectivity index (χ3n) is 7.45. The number of nitrogen functional groups attached to an aromatic ring is 1. The number of hydrogen-bond donors (Lipinski definition) is 3. The van der Waals surface area contributed by atoms with Crippen molar-refractivity contribution >= 4 is 66.4 Å². The average molecular weight is 573 g/mol. The van der Waals surface area contributed by atoms with E-state index in [4.69, 9.17) is 5.73 Å². The zero-order chi connectivity index (χ0) is 27.5. The highest BCUT2D eigenvalue weighted by Crippen LogP contribution is 2.49. The number of nitrogens with zero attached hydrogens (tertiary/aromatic N) is 5. The minimum absolute atomic E-state index is 0.00372. The number of nitrogens with one attached hydrogen (secondary N) is 2. The number of aromatic nitrogens is 5. The van der Waals surface area contributed by atoms with Gasteiger partial charge in [0.25, 0.3) is 5.56 Å². The van der Waals surface area contributed by atoms with Crippen molar-refractivity contribution in [2.24, 2.45) is 5.92 Å². The molecule has 202 valence electrons. The summed E-state index contributed by atoms with van der Waals surface area (Å²) in [6, 6.07) is 6.89. The van der Waals surface area contributed by atoms with Gasteiger partial charge in [0, 0.05) is 45.1 Å². The van der Waals surface area contributed by atoms with Crippen LogP contribution in [0, 0.1) is 5.92 Å². The first-order valence-electron chi connectivity index (χ1n) is 12.9. The van der Waals surface area contributed by atoms with E-state index in [1.165, 1.54) is 33.4 Å². The van der Waals surface area contributed by atoms with Crippen molar-refractivity contribution in [1.29, 1.82) is 0 Å². The van der Waals surface area contributed by atoms with Crippen LogP contribution < -0.4 is 21.9 Å². The Labute approximate surface area is 235 Å². The van der Waals surface area contributed by atoms with Crippen LogP contribution in [0.25, 0.3) is 20.4 Å². The maximum Gasteiger partial charge on any atom is 0.278 e. The van der Waals surface area contributed by atoms with Crippen LogP contribution in [0.5, 0.6) is 0 Å². The van der Waals surface area contributed by atoms with Crippen molar-refractivity contribution in [2.75, 3.05) is 11.1 Å². The van der Waals surface area contributed by atoms with E-state index in [0.29, 0.717) is 36.7 Å². The molecule has 13 heteroatoms. The number of fused-ring (bicyclic) bond motifs is 3. The molecule has 1 aliphatic carbocycles. The molecule has 0 unspecified atom stereocenters. The van der Waals surface area contributed by atoms with Crippen molar-refractivity contribution in [1.82, 2.24) is 29.8 Å². The van der Waals surface area contributed by atoms with Crippen LogP contribution in [0.15, 0.2) is 47.7 Å². The number of thiazole rings is 1. The van der Waals surface area contributed by atoms with Crippen LogP contribution in [-0.2, 0) is 16.1 Å². The second-order valence-corrected chi connectivity index (χ2v) is 12.5. The van der Waals surface area contributed by atoms with Gasteiger partial charge in [0.1, 0.15) is 23.4 Å². The van der Waals surface area contributed by atoms with Crippen LogP contribution in [-0.4, -0.2) is 36.3 Å². The molecule has 0 bridgehead atoms. The Kier molecular flexibility index (Phi) is 5.86. The molecule has 40 heavy (non-hydrogen) atoms. The van der Waals surface area contributed by atoms with Crippen LogP contribution in [0.4, 0.5) is 11.5 Å². The third-order valence-corrected chi connectivity index (χ3v) is 9.69. The number of carbonyl (C=O) groups excluding carboxylic acids is 2. The number of carbonyl (C=O) groups is 2. The van der Waals surface area contributed by atoms with E-state index in [1.54, 1.807) is 18.5 Å². The first-order valence-corrected chi connectivity index (χ1v) is 14.5. The highest BCUT2D eigenvalue weighted by molar-refractivity contribution is 7.19. The van der Waals surface area contributed by atoms with Gasteiger partial charge < -0.3 is 16.4 Å². The van der Waals surface area contributed by atoms with E-state index in [2.05, 4.69) is 30.6 Å². The lowest BCUT2D eigenvalue weighted by Gasteiger charge is -2.15. The van der Waals surface area contributed by atoms with Crippen molar-refractivity contribution in [3.05, 3.63) is 68.9 Å². The topological polar surface area (TPSA) is 158 Å². The SMILES string of the molecule is C[C@@H]1C[C@@H](C(=O)NCc2cc3cnc(N)cc3s2)n2c1ncc(NC(=O)[C@H]1C[C@@H]1c1nc3ncccc3s1)c2=O. The van der Waals surface area contributed by atoms with Gasteiger partial charge in [-0.05, 0) is 37.1 Å². The van der Waals surface area contributed by atoms with Gasteiger partial charge in [-0.15, -0.1) is 22.7 Å². The fourth-order valence-corrected chi connectivity index (χ4v) is 7.44. The number of pyridine rings is 2. The zero-order valence-corrected chi connectivity index (χ0v) is 23.0. The first-order chi connectivity index (χ1) is 19.4. The highest BCUT2D eigenvalue weighted by Gasteiger charge is 2.46. The number of nitrogens with two attached hydrogens (primary N) is 1. The standard InChI is InChI=1S/C27H24N8O3S2/c1-12-5-18(25(37)32-10-14-6-13-9-30-21(28)8-20(13)39-14)35-23(12)31-11-17(27(35)38)33-24(36)15-7-16(15)26-34-22-19(40-26)3-2-4-29-22/h2-4,6,8-9,11-12,15-16,18H,5,7,10H2,1H3,(H2,28,30)(H,32,37)(H,33,36)/t12-,15+,16+,18+/m1/s1. The molecular weight excluding hydrogens is 548 g/mol. The molecule has 0 radical (unpaired) electrons. The average Bonchev–Trinajstić information content (AvgIpc) is 3.28. The molecule has 5 aromatic heterocycles. The lowest BCUT2D eigenvalue weighted by Crippen LogP contribution is -2.36. The molecule has 2 aliphatic rings. The summed E-state index contributed by atoms with van der Waals surface area (Å²) in [4.78, 5) is 58.1. The Morgan fingerprint density at radius 3 is 2.83 bits per heavy atom. The van der Waals surface area contributed by atoms with E-state index in [0.717, 1.165) is 24.7 Å². The molecule has 6 heterocycles. The molecule has 11 nitrogen and oxygen atoms in total. The van der Waals surface area contributed by atoms with Crippen LogP contribution >= 0.6 is 22.7 Å². The van der Waals surface area contributed by atoms with Gasteiger partial charge in [0.15, 0.2) is 5.65 Å². The summed E-state index contributed by atoms with van der Waals surface area (Å²) in [5.74, 6) is 0.128. The molecule has 0 aromatic carbocycles. The second-order valence-electron chi connectivity index (χ2n) is 10.3. The van der Waals surface area contributed by atoms with Crippen LogP contribution in [0.2, 0.25) is 0 Å². The monoisotopic (exact) mass is 572 g/mol. The number of anilines is 2. The number of rotatable bonds is 6. The molecular formula is C27H24N8O3S2. The lowest BCUT2D eigenvalue weighted by molar-refractivity contribution is -0.124. The predicted molar refractivity (Wildman–Crippen MR) is 153 cm³/mol. The number of hydrogen-bond acceptors (Lipinski definition) is 10. The molecule has 0 spiro atoms. The summed E-state index contributed by atoms with van der Waals surface area (Å²) in [5, 5.41) is 7.57. The van der Waals surface area contributed by atoms with Crippen LogP contribution in [0.3, 0.4) is 0 Å². The highest BCUT2D eigenvalue weighted by atomic mass is 32.1. The Morgan fingerprint density at radius 1 is 1.10 bits per heavy atom. The van der Waals surface area contributed by atoms with Crippen molar-refractivity contribution in [3.8, 4) is 0 Å². The lowest BCUT2D eigenvalue weighted by atomic mass is 10.1. The number of thiophene rings is 1. The summed E-state index contributed by atoms with van der Waals surface area (Å²) in [5.41, 5.74) is 6.11. The van der Waals surface area contributed by atoms with Gasteiger partial charge >= 0.3 is 0 Å². The van der Waals surface area contributed by atoms with E-state index >= 15 is 0 Å². The fourth-order valence-electron chi connectivity index (χ4n) is 5.31. The molecule has 0 saturated heterocycles. The van der Waals surface area contributed by atoms with E-state index in [1.807, 2.05) is 25.1 Å². The van der Waals surface area contributed by atoms with Crippen molar-refractivity contribution in [2.45, 2.75) is 44.2 Å². The normalized spacial score (nSPS) is 21.4. The molecule has 4 atom stereocenters. The van der Waals surface area contributed by atoms with Gasteiger partial charge in [-0.25, -0.2) is 19.9 Å². The molecule has 1 saturated carbocycles. The first kappa shape index (κ1) is 24.8. The quantitative estimate of drug-likeness (QED) is 0.279. The maximum atomic E-state index is 13.5. The fraction of sp³-hybridized carbons (Fsp3) is 0.296. The maximum absolute atomic E-state index is 13.5. The van der Waals surface area contributed by atoms with Gasteiger partial charge in [-0.2, -0.15) is 0 Å². The summed E-state index contributed by atoms with van der Waals surface area (Å²) in [7, 11) is 0. The van der Waals surface area contributed by atoms with Gasteiger partial charge in [-0.1, -0.05) is 6.92 Å². The minimum atomic E-state index is -0.711. The Morgan fingerprint density at radius 2 is 1.98 bits per heavy atom. The van der Waals surface area contributed by atoms with Crippen molar-refractivity contribution in [3.63, 3.8) is 0 Å². The van der Waals surface area contributed by atoms with Gasteiger partial charge in [0.05, 0.1) is 22.4 Å². The van der Waals surface area contributed by atoms with E-state index in [9.17, 15) is 14.4 Å². The third kappa shape index (κ3) is 4.31. The predicted octanol–water partition coefficient (Wildman–Crippen LogP) is 3.55. The van der Waals surface area contributed by atoms with Gasteiger partial charge in [0.2, 0.25) is 11.8 Å². The molecule has 1 aliphatic heterocycles. The molecule has 5 aromatic rings. The summed E-state index contributed by atoms with van der Waals surface area (Å²) < 4.78 is 3.40.